The Balaban J connectivity index is 2.01. The first-order valence-corrected chi connectivity index (χ1v) is 7.91. The zero-order valence-corrected chi connectivity index (χ0v) is 14.4. The number of benzene rings is 1. The highest BCUT2D eigenvalue weighted by Gasteiger charge is 2.40. The number of rotatable bonds is 6. The van der Waals surface area contributed by atoms with Crippen LogP contribution in [0.2, 0.25) is 0 Å². The third-order valence-electron chi connectivity index (χ3n) is 3.88. The highest BCUT2D eigenvalue weighted by Crippen LogP contribution is 2.23. The molecule has 1 heterocycles. The standard InChI is InChI=1S/C17H21N3O5/c1-10(2)11-4-6-12(7-5-11)20-16(23)13(19-17(20)24)8-14(21)18-9-15(22)25-3/h4-7,10,13H,8-9H2,1-3H3,(H,18,21)(H,19,24). The van der Waals surface area contributed by atoms with Crippen LogP contribution >= 0.6 is 0 Å². The van der Waals surface area contributed by atoms with E-state index < -0.39 is 29.9 Å². The molecule has 0 radical (unpaired) electrons. The number of hydrogen-bond donors (Lipinski definition) is 2. The van der Waals surface area contributed by atoms with Crippen molar-refractivity contribution in [2.45, 2.75) is 32.2 Å². The molecule has 1 aliphatic heterocycles. The quantitative estimate of drug-likeness (QED) is 0.588. The largest absolute Gasteiger partial charge is 0.468 e. The van der Waals surface area contributed by atoms with Crippen LogP contribution in [-0.4, -0.2) is 43.5 Å². The Morgan fingerprint density at radius 1 is 1.24 bits per heavy atom. The normalized spacial score (nSPS) is 16.8. The van der Waals surface area contributed by atoms with Gasteiger partial charge in [0.1, 0.15) is 12.6 Å². The molecular weight excluding hydrogens is 326 g/mol. The molecule has 8 nitrogen and oxygen atoms in total. The SMILES string of the molecule is COC(=O)CNC(=O)CC1NC(=O)N(c2ccc(C(C)C)cc2)C1=O. The van der Waals surface area contributed by atoms with Gasteiger partial charge in [-0.25, -0.2) is 9.69 Å². The van der Waals surface area contributed by atoms with Crippen molar-refractivity contribution < 1.29 is 23.9 Å². The predicted molar refractivity (Wildman–Crippen MR) is 90.0 cm³/mol. The van der Waals surface area contributed by atoms with E-state index in [1.165, 1.54) is 7.11 Å². The molecule has 1 unspecified atom stereocenters. The van der Waals surface area contributed by atoms with E-state index in [-0.39, 0.29) is 13.0 Å². The first-order valence-electron chi connectivity index (χ1n) is 7.91. The molecule has 1 aromatic rings. The molecule has 2 rings (SSSR count). The number of carbonyl (C=O) groups excluding carboxylic acids is 4. The maximum atomic E-state index is 12.4. The fourth-order valence-electron chi connectivity index (χ4n) is 2.42. The van der Waals surface area contributed by atoms with E-state index in [1.807, 2.05) is 26.0 Å². The van der Waals surface area contributed by atoms with Gasteiger partial charge in [-0.1, -0.05) is 26.0 Å². The maximum Gasteiger partial charge on any atom is 0.329 e. The highest BCUT2D eigenvalue weighted by atomic mass is 16.5. The van der Waals surface area contributed by atoms with Crippen LogP contribution in [0.4, 0.5) is 10.5 Å². The molecule has 1 aliphatic rings. The number of imide groups is 1. The lowest BCUT2D eigenvalue weighted by molar-refractivity contribution is -0.141. The van der Waals surface area contributed by atoms with Crippen LogP contribution in [0, 0.1) is 0 Å². The van der Waals surface area contributed by atoms with E-state index in [2.05, 4.69) is 15.4 Å². The lowest BCUT2D eigenvalue weighted by atomic mass is 10.0. The summed E-state index contributed by atoms with van der Waals surface area (Å²) in [6.07, 6.45) is -0.248. The van der Waals surface area contributed by atoms with E-state index in [9.17, 15) is 19.2 Å². The predicted octanol–water partition coefficient (Wildman–Crippen LogP) is 0.914. The van der Waals surface area contributed by atoms with Gasteiger partial charge in [-0.3, -0.25) is 14.4 Å². The zero-order chi connectivity index (χ0) is 18.6. The molecule has 1 fully saturated rings. The zero-order valence-electron chi connectivity index (χ0n) is 14.4. The minimum Gasteiger partial charge on any atom is -0.468 e. The summed E-state index contributed by atoms with van der Waals surface area (Å²) in [5.74, 6) is -1.29. The molecule has 0 saturated carbocycles. The van der Waals surface area contributed by atoms with Crippen LogP contribution < -0.4 is 15.5 Å². The lowest BCUT2D eigenvalue weighted by Gasteiger charge is -2.14. The number of anilines is 1. The second kappa shape index (κ2) is 7.78. The Morgan fingerprint density at radius 3 is 2.44 bits per heavy atom. The molecule has 25 heavy (non-hydrogen) atoms. The lowest BCUT2D eigenvalue weighted by Crippen LogP contribution is -2.38. The summed E-state index contributed by atoms with van der Waals surface area (Å²) in [6.45, 7) is 3.81. The number of nitrogens with one attached hydrogen (secondary N) is 2. The molecule has 0 spiro atoms. The number of urea groups is 1. The maximum absolute atomic E-state index is 12.4. The number of esters is 1. The van der Waals surface area contributed by atoms with Crippen LogP contribution in [0.1, 0.15) is 31.7 Å². The summed E-state index contributed by atoms with van der Waals surface area (Å²) >= 11 is 0. The van der Waals surface area contributed by atoms with Gasteiger partial charge in [0, 0.05) is 0 Å². The fraction of sp³-hybridized carbons (Fsp3) is 0.412. The topological polar surface area (TPSA) is 105 Å². The molecule has 8 heteroatoms. The van der Waals surface area contributed by atoms with Crippen LogP contribution in [-0.2, 0) is 19.1 Å². The van der Waals surface area contributed by atoms with Gasteiger partial charge in [0.05, 0.1) is 19.2 Å². The van der Waals surface area contributed by atoms with E-state index in [0.717, 1.165) is 10.5 Å². The Kier molecular flexibility index (Phi) is 5.74. The first-order chi connectivity index (χ1) is 11.8. The van der Waals surface area contributed by atoms with Gasteiger partial charge in [-0.15, -0.1) is 0 Å². The minimum absolute atomic E-state index is 0.248. The van der Waals surface area contributed by atoms with Crippen molar-refractivity contribution in [3.63, 3.8) is 0 Å². The van der Waals surface area contributed by atoms with Crippen molar-refractivity contribution in [2.75, 3.05) is 18.6 Å². The van der Waals surface area contributed by atoms with Crippen molar-refractivity contribution >= 4 is 29.5 Å². The minimum atomic E-state index is -0.963. The van der Waals surface area contributed by atoms with Crippen molar-refractivity contribution in [2.24, 2.45) is 0 Å². The van der Waals surface area contributed by atoms with Gasteiger partial charge >= 0.3 is 12.0 Å². The third-order valence-corrected chi connectivity index (χ3v) is 3.88. The van der Waals surface area contributed by atoms with Crippen molar-refractivity contribution in [1.29, 1.82) is 0 Å². The Labute approximate surface area is 145 Å². The van der Waals surface area contributed by atoms with Crippen LogP contribution in [0.3, 0.4) is 0 Å². The average Bonchev–Trinajstić information content (AvgIpc) is 2.86. The van der Waals surface area contributed by atoms with Gasteiger partial charge in [-0.2, -0.15) is 0 Å². The van der Waals surface area contributed by atoms with E-state index >= 15 is 0 Å². The molecule has 4 amide bonds. The summed E-state index contributed by atoms with van der Waals surface area (Å²) in [6, 6.07) is 5.58. The molecule has 0 bridgehead atoms. The van der Waals surface area contributed by atoms with Gasteiger partial charge < -0.3 is 15.4 Å². The monoisotopic (exact) mass is 347 g/mol. The van der Waals surface area contributed by atoms with Gasteiger partial charge in [0.15, 0.2) is 0 Å². The van der Waals surface area contributed by atoms with E-state index in [1.54, 1.807) is 12.1 Å². The molecular formula is C17H21N3O5. The van der Waals surface area contributed by atoms with Crippen LogP contribution in [0.15, 0.2) is 24.3 Å². The second-order valence-corrected chi connectivity index (χ2v) is 5.98. The molecule has 0 aromatic heterocycles. The fourth-order valence-corrected chi connectivity index (χ4v) is 2.42. The number of carbonyl (C=O) groups is 4. The first kappa shape index (κ1) is 18.4. The second-order valence-electron chi connectivity index (χ2n) is 5.98. The van der Waals surface area contributed by atoms with E-state index in [0.29, 0.717) is 11.6 Å². The molecule has 1 atom stereocenters. The summed E-state index contributed by atoms with van der Waals surface area (Å²) in [4.78, 5) is 48.3. The Morgan fingerprint density at radius 2 is 1.88 bits per heavy atom. The number of nitrogens with zero attached hydrogens (tertiary/aromatic N) is 1. The van der Waals surface area contributed by atoms with Crippen LogP contribution in [0.5, 0.6) is 0 Å². The van der Waals surface area contributed by atoms with Crippen LogP contribution in [0.25, 0.3) is 0 Å². The number of amides is 4. The smallest absolute Gasteiger partial charge is 0.329 e. The molecule has 1 saturated heterocycles. The Hall–Kier alpha value is -2.90. The van der Waals surface area contributed by atoms with Crippen molar-refractivity contribution in [3.05, 3.63) is 29.8 Å². The van der Waals surface area contributed by atoms with Gasteiger partial charge in [-0.05, 0) is 23.6 Å². The molecule has 0 aliphatic carbocycles. The summed E-state index contributed by atoms with van der Waals surface area (Å²) in [5.41, 5.74) is 1.54. The highest BCUT2D eigenvalue weighted by molar-refractivity contribution is 6.22. The number of hydrogen-bond acceptors (Lipinski definition) is 5. The Bertz CT molecular complexity index is 684. The van der Waals surface area contributed by atoms with Crippen molar-refractivity contribution in [1.82, 2.24) is 10.6 Å². The van der Waals surface area contributed by atoms with Crippen molar-refractivity contribution in [3.8, 4) is 0 Å². The summed E-state index contributed by atoms with van der Waals surface area (Å²) < 4.78 is 4.41. The summed E-state index contributed by atoms with van der Waals surface area (Å²) in [5, 5.41) is 4.82. The molecule has 134 valence electrons. The third kappa shape index (κ3) is 4.34. The molecule has 1 aromatic carbocycles. The van der Waals surface area contributed by atoms with Gasteiger partial charge in [0.2, 0.25) is 5.91 Å². The molecule has 2 N–H and O–H groups in total. The van der Waals surface area contributed by atoms with E-state index in [4.69, 9.17) is 0 Å². The number of methoxy groups -OCH3 is 1. The summed E-state index contributed by atoms with van der Waals surface area (Å²) in [7, 11) is 1.21. The number of ether oxygens (including phenoxy) is 1. The van der Waals surface area contributed by atoms with Gasteiger partial charge in [0.25, 0.3) is 5.91 Å². The average molecular weight is 347 g/mol.